The van der Waals surface area contributed by atoms with Gasteiger partial charge in [-0.25, -0.2) is 9.97 Å². The highest BCUT2D eigenvalue weighted by atomic mass is 33.1. The fourth-order valence-corrected chi connectivity index (χ4v) is 1.87. The van der Waals surface area contributed by atoms with E-state index in [2.05, 4.69) is 19.1 Å². The van der Waals surface area contributed by atoms with Crippen LogP contribution in [0.5, 0.6) is 0 Å². The zero-order valence-corrected chi connectivity index (χ0v) is 7.02. The zero-order chi connectivity index (χ0) is 7.52. The Balaban J connectivity index is 2.29. The Hall–Kier alpha value is -0.750. The molecule has 0 fully saturated rings. The zero-order valence-electron chi connectivity index (χ0n) is 5.39. The van der Waals surface area contributed by atoms with Crippen molar-refractivity contribution in [3.05, 3.63) is 24.3 Å². The molecule has 0 aromatic carbocycles. The first-order valence-electron chi connectivity index (χ1n) is 2.91. The van der Waals surface area contributed by atoms with E-state index in [0.29, 0.717) is 5.82 Å². The first-order valence-corrected chi connectivity index (χ1v) is 5.01. The van der Waals surface area contributed by atoms with Gasteiger partial charge in [0.1, 0.15) is 0 Å². The summed E-state index contributed by atoms with van der Waals surface area (Å²) in [5.74, 6) is 1.38. The van der Waals surface area contributed by atoms with Gasteiger partial charge in [0, 0.05) is 23.4 Å². The van der Waals surface area contributed by atoms with Crippen LogP contribution in [0.15, 0.2) is 22.9 Å². The second kappa shape index (κ2) is 3.10. The molecule has 1 aliphatic heterocycles. The number of nitrogens with one attached hydrogen (secondary N) is 1. The van der Waals surface area contributed by atoms with Crippen molar-refractivity contribution in [1.82, 2.24) is 14.7 Å². The summed E-state index contributed by atoms with van der Waals surface area (Å²) in [5.41, 5.74) is 0. The van der Waals surface area contributed by atoms with E-state index < -0.39 is 0 Å². The minimum Gasteiger partial charge on any atom is -0.300 e. The maximum absolute atomic E-state index is 4.07. The molecule has 1 aromatic heterocycles. The van der Waals surface area contributed by atoms with Gasteiger partial charge in [0.25, 0.3) is 0 Å². The van der Waals surface area contributed by atoms with Gasteiger partial charge < -0.3 is 4.72 Å². The lowest BCUT2D eigenvalue weighted by molar-refractivity contribution is 1.12. The molecule has 1 N–H and O–H groups in total. The highest BCUT2D eigenvalue weighted by Gasteiger charge is 2.10. The average Bonchev–Trinajstić information content (AvgIpc) is 2.58. The van der Waals surface area contributed by atoms with Crippen molar-refractivity contribution in [2.45, 2.75) is 0 Å². The Labute approximate surface area is 71.6 Å². The van der Waals surface area contributed by atoms with Crippen molar-refractivity contribution in [3.8, 4) is 0 Å². The number of nitrogens with zero attached hydrogens (tertiary/aromatic N) is 3. The summed E-state index contributed by atoms with van der Waals surface area (Å²) in [6.07, 6.45) is 3.39. The van der Waals surface area contributed by atoms with E-state index in [9.17, 15) is 0 Å². The van der Waals surface area contributed by atoms with Gasteiger partial charge in [-0.1, -0.05) is 0 Å². The van der Waals surface area contributed by atoms with Crippen molar-refractivity contribution in [2.75, 3.05) is 0 Å². The minimum absolute atomic E-state index is 0.644. The van der Waals surface area contributed by atoms with Crippen molar-refractivity contribution < 1.29 is 0 Å². The first kappa shape index (κ1) is 6.93. The van der Waals surface area contributed by atoms with Crippen LogP contribution in [-0.4, -0.2) is 15.8 Å². The summed E-state index contributed by atoms with van der Waals surface area (Å²) in [7, 11) is 2.85. The van der Waals surface area contributed by atoms with Crippen LogP contribution in [0.3, 0.4) is 0 Å². The third kappa shape index (κ3) is 1.46. The molecule has 0 saturated heterocycles. The quantitative estimate of drug-likeness (QED) is 0.522. The Morgan fingerprint density at radius 2 is 2.09 bits per heavy atom. The summed E-state index contributed by atoms with van der Waals surface area (Å²) < 4.78 is 7.04. The highest BCUT2D eigenvalue weighted by Crippen LogP contribution is 2.25. The van der Waals surface area contributed by atoms with Crippen LogP contribution in [0.1, 0.15) is 5.82 Å². The standard InChI is InChI=1S/C5H4N4S2/c1-2-6-4(7-3-1)5-8-10-11-9-5/h1-3H,(H,8,9). The van der Waals surface area contributed by atoms with Crippen molar-refractivity contribution in [1.29, 1.82) is 0 Å². The molecule has 0 atom stereocenters. The van der Waals surface area contributed by atoms with Crippen LogP contribution in [0.4, 0.5) is 0 Å². The molecule has 2 rings (SSSR count). The van der Waals surface area contributed by atoms with Gasteiger partial charge in [0.15, 0.2) is 11.7 Å². The monoisotopic (exact) mass is 184 g/mol. The lowest BCUT2D eigenvalue weighted by atomic mass is 10.5. The molecule has 1 aromatic rings. The summed E-state index contributed by atoms with van der Waals surface area (Å²) >= 11 is 0. The van der Waals surface area contributed by atoms with Crippen LogP contribution >= 0.6 is 22.0 Å². The number of rotatable bonds is 1. The lowest BCUT2D eigenvalue weighted by Crippen LogP contribution is -2.15. The predicted octanol–water partition coefficient (Wildman–Crippen LogP) is 1.04. The number of aromatic nitrogens is 2. The van der Waals surface area contributed by atoms with Gasteiger partial charge >= 0.3 is 0 Å². The Morgan fingerprint density at radius 3 is 2.73 bits per heavy atom. The smallest absolute Gasteiger partial charge is 0.196 e. The van der Waals surface area contributed by atoms with Crippen LogP contribution in [0.25, 0.3) is 0 Å². The van der Waals surface area contributed by atoms with E-state index >= 15 is 0 Å². The fraction of sp³-hybridized carbons (Fsp3) is 0. The molecule has 0 aliphatic carbocycles. The molecule has 0 unspecified atom stereocenters. The molecule has 1 aliphatic rings. The van der Waals surface area contributed by atoms with E-state index in [1.54, 1.807) is 18.5 Å². The lowest BCUT2D eigenvalue weighted by Gasteiger charge is -1.94. The molecule has 11 heavy (non-hydrogen) atoms. The van der Waals surface area contributed by atoms with Gasteiger partial charge in [-0.2, -0.15) is 4.40 Å². The Morgan fingerprint density at radius 1 is 1.27 bits per heavy atom. The molecule has 0 saturated carbocycles. The normalized spacial score (nSPS) is 15.8. The largest absolute Gasteiger partial charge is 0.300 e. The van der Waals surface area contributed by atoms with E-state index in [0.717, 1.165) is 5.84 Å². The molecular weight excluding hydrogens is 180 g/mol. The minimum atomic E-state index is 0.644. The summed E-state index contributed by atoms with van der Waals surface area (Å²) in [6.45, 7) is 0. The highest BCUT2D eigenvalue weighted by molar-refractivity contribution is 8.76. The fourth-order valence-electron chi connectivity index (χ4n) is 0.640. The average molecular weight is 184 g/mol. The first-order chi connectivity index (χ1) is 5.47. The topological polar surface area (TPSA) is 50.2 Å². The number of amidine groups is 1. The Bertz CT molecular complexity index is 273. The maximum Gasteiger partial charge on any atom is 0.196 e. The number of hydrogen-bond acceptors (Lipinski definition) is 6. The summed E-state index contributed by atoms with van der Waals surface area (Å²) in [4.78, 5) is 8.06. The molecule has 56 valence electrons. The maximum atomic E-state index is 4.07. The molecule has 0 amide bonds. The van der Waals surface area contributed by atoms with Crippen LogP contribution in [0.2, 0.25) is 0 Å². The molecule has 6 heteroatoms. The Kier molecular flexibility index (Phi) is 1.95. The molecule has 0 radical (unpaired) electrons. The van der Waals surface area contributed by atoms with Gasteiger partial charge in [0.05, 0.1) is 11.0 Å². The van der Waals surface area contributed by atoms with E-state index in [1.807, 2.05) is 0 Å². The molecule has 4 nitrogen and oxygen atoms in total. The predicted molar refractivity (Wildman–Crippen MR) is 46.9 cm³/mol. The summed E-state index contributed by atoms with van der Waals surface area (Å²) in [5, 5.41) is 0. The third-order valence-corrected chi connectivity index (χ3v) is 2.39. The summed E-state index contributed by atoms with van der Waals surface area (Å²) in [6, 6.07) is 1.78. The van der Waals surface area contributed by atoms with Gasteiger partial charge in [-0.15, -0.1) is 0 Å². The SMILES string of the molecule is c1cnc(C2=NSSN2)nc1. The van der Waals surface area contributed by atoms with Crippen molar-refractivity contribution in [2.24, 2.45) is 4.40 Å². The van der Waals surface area contributed by atoms with Crippen molar-refractivity contribution in [3.63, 3.8) is 0 Å². The molecule has 2 heterocycles. The third-order valence-electron chi connectivity index (χ3n) is 1.08. The molecular formula is C5H4N4S2. The second-order valence-corrected chi connectivity index (χ2v) is 3.42. The van der Waals surface area contributed by atoms with Gasteiger partial charge in [-0.05, 0) is 6.07 Å². The van der Waals surface area contributed by atoms with Crippen LogP contribution in [0, 0.1) is 0 Å². The van der Waals surface area contributed by atoms with Crippen molar-refractivity contribution >= 4 is 27.8 Å². The van der Waals surface area contributed by atoms with E-state index in [1.165, 1.54) is 22.0 Å². The van der Waals surface area contributed by atoms with E-state index in [4.69, 9.17) is 0 Å². The van der Waals surface area contributed by atoms with Gasteiger partial charge in [0.2, 0.25) is 0 Å². The van der Waals surface area contributed by atoms with Crippen LogP contribution in [-0.2, 0) is 0 Å². The van der Waals surface area contributed by atoms with Crippen LogP contribution < -0.4 is 4.72 Å². The van der Waals surface area contributed by atoms with Gasteiger partial charge in [-0.3, -0.25) is 0 Å². The second-order valence-electron chi connectivity index (χ2n) is 1.77. The van der Waals surface area contributed by atoms with E-state index in [-0.39, 0.29) is 0 Å². The number of hydrogen-bond donors (Lipinski definition) is 1. The molecule has 0 bridgehead atoms. The molecule has 0 spiro atoms.